The molecule has 0 aromatic rings. The summed E-state index contributed by atoms with van der Waals surface area (Å²) in [5.41, 5.74) is 0. The maximum atomic E-state index is 11.9. The fourth-order valence-corrected chi connectivity index (χ4v) is 3.11. The van der Waals surface area contributed by atoms with E-state index >= 15 is 0 Å². The molecular formula is C10H19O7P. The molecule has 3 N–H and O–H groups in total. The molecule has 0 saturated carbocycles. The van der Waals surface area contributed by atoms with Gasteiger partial charge in [-0.3, -0.25) is 14.2 Å². The predicted molar refractivity (Wildman–Crippen MR) is 63.5 cm³/mol. The molecule has 3 unspecified atom stereocenters. The third-order valence-electron chi connectivity index (χ3n) is 2.66. The first-order valence-electron chi connectivity index (χ1n) is 5.49. The standard InChI is InChI=1S/C10H19O7P/c1-4-17-18(15,16)10(3,9(13)14)6-7(2)5-8(11)12/h7H,4-6H2,1-3H3,(H,11,12)(H,13,14)(H,15,16). The number of carboxylic acid groups (broad SMARTS) is 2. The highest BCUT2D eigenvalue weighted by Crippen LogP contribution is 2.58. The van der Waals surface area contributed by atoms with Crippen molar-refractivity contribution in [2.24, 2.45) is 5.92 Å². The zero-order valence-electron chi connectivity index (χ0n) is 10.6. The molecule has 7 nitrogen and oxygen atoms in total. The molecule has 0 bridgehead atoms. The summed E-state index contributed by atoms with van der Waals surface area (Å²) in [6.07, 6.45) is -0.516. The van der Waals surface area contributed by atoms with E-state index < -0.39 is 30.6 Å². The molecule has 0 radical (unpaired) electrons. The second kappa shape index (κ2) is 6.31. The molecule has 0 saturated heterocycles. The molecule has 0 aliphatic heterocycles. The van der Waals surface area contributed by atoms with Crippen LogP contribution in [-0.2, 0) is 18.7 Å². The van der Waals surface area contributed by atoms with Crippen LogP contribution in [0.4, 0.5) is 0 Å². The molecular weight excluding hydrogens is 263 g/mol. The molecule has 0 aromatic carbocycles. The first-order valence-corrected chi connectivity index (χ1v) is 7.07. The summed E-state index contributed by atoms with van der Waals surface area (Å²) in [4.78, 5) is 31.4. The summed E-state index contributed by atoms with van der Waals surface area (Å²) in [7, 11) is -4.36. The highest BCUT2D eigenvalue weighted by atomic mass is 31.2. The minimum atomic E-state index is -4.36. The van der Waals surface area contributed by atoms with Crippen LogP contribution < -0.4 is 0 Å². The van der Waals surface area contributed by atoms with Gasteiger partial charge >= 0.3 is 19.5 Å². The van der Waals surface area contributed by atoms with Gasteiger partial charge in [0.1, 0.15) is 0 Å². The summed E-state index contributed by atoms with van der Waals surface area (Å²) < 4.78 is 16.5. The Balaban J connectivity index is 5.11. The number of carbonyl (C=O) groups is 2. The van der Waals surface area contributed by atoms with Crippen molar-refractivity contribution in [1.82, 2.24) is 0 Å². The van der Waals surface area contributed by atoms with E-state index in [0.717, 1.165) is 6.92 Å². The van der Waals surface area contributed by atoms with Crippen LogP contribution in [0.25, 0.3) is 0 Å². The van der Waals surface area contributed by atoms with Crippen LogP contribution in [0.5, 0.6) is 0 Å². The van der Waals surface area contributed by atoms with Gasteiger partial charge < -0.3 is 19.6 Å². The molecule has 106 valence electrons. The maximum absolute atomic E-state index is 11.9. The first-order chi connectivity index (χ1) is 8.06. The minimum Gasteiger partial charge on any atom is -0.481 e. The van der Waals surface area contributed by atoms with E-state index in [1.807, 2.05) is 0 Å². The lowest BCUT2D eigenvalue weighted by molar-refractivity contribution is -0.142. The van der Waals surface area contributed by atoms with E-state index in [2.05, 4.69) is 4.52 Å². The van der Waals surface area contributed by atoms with Crippen molar-refractivity contribution in [3.63, 3.8) is 0 Å². The summed E-state index contributed by atoms with van der Waals surface area (Å²) in [6.45, 7) is 4.00. The van der Waals surface area contributed by atoms with Crippen molar-refractivity contribution in [3.05, 3.63) is 0 Å². The topological polar surface area (TPSA) is 121 Å². The molecule has 8 heteroatoms. The van der Waals surface area contributed by atoms with Crippen molar-refractivity contribution < 1.29 is 33.8 Å². The Morgan fingerprint density at radius 2 is 1.89 bits per heavy atom. The van der Waals surface area contributed by atoms with E-state index in [4.69, 9.17) is 10.2 Å². The summed E-state index contributed by atoms with van der Waals surface area (Å²) in [6, 6.07) is 0. The van der Waals surface area contributed by atoms with Gasteiger partial charge in [-0.15, -0.1) is 0 Å². The lowest BCUT2D eigenvalue weighted by Crippen LogP contribution is -2.38. The smallest absolute Gasteiger partial charge is 0.345 e. The second-order valence-corrected chi connectivity index (χ2v) is 6.71. The highest BCUT2D eigenvalue weighted by Gasteiger charge is 2.52. The Labute approximate surface area is 105 Å². The van der Waals surface area contributed by atoms with Gasteiger partial charge in [-0.1, -0.05) is 6.92 Å². The monoisotopic (exact) mass is 282 g/mol. The largest absolute Gasteiger partial charge is 0.481 e. The Hall–Kier alpha value is -0.910. The van der Waals surface area contributed by atoms with Gasteiger partial charge in [-0.05, 0) is 26.2 Å². The molecule has 18 heavy (non-hydrogen) atoms. The van der Waals surface area contributed by atoms with Gasteiger partial charge in [0.2, 0.25) is 0 Å². The van der Waals surface area contributed by atoms with Crippen LogP contribution in [-0.4, -0.2) is 38.8 Å². The van der Waals surface area contributed by atoms with Crippen LogP contribution in [0.15, 0.2) is 0 Å². The van der Waals surface area contributed by atoms with Gasteiger partial charge in [-0.25, -0.2) is 0 Å². The van der Waals surface area contributed by atoms with E-state index in [1.165, 1.54) is 13.8 Å². The minimum absolute atomic E-state index is 0.0933. The number of hydrogen-bond donors (Lipinski definition) is 3. The SMILES string of the molecule is CCOP(=O)(O)C(C)(CC(C)CC(=O)O)C(=O)O. The third kappa shape index (κ3) is 4.08. The molecule has 0 aliphatic carbocycles. The van der Waals surface area contributed by atoms with Crippen molar-refractivity contribution >= 4 is 19.5 Å². The van der Waals surface area contributed by atoms with E-state index in [-0.39, 0.29) is 19.4 Å². The molecule has 0 amide bonds. The maximum Gasteiger partial charge on any atom is 0.345 e. The van der Waals surface area contributed by atoms with Crippen LogP contribution >= 0.6 is 7.60 Å². The van der Waals surface area contributed by atoms with E-state index in [9.17, 15) is 19.0 Å². The van der Waals surface area contributed by atoms with Crippen LogP contribution in [0.3, 0.4) is 0 Å². The van der Waals surface area contributed by atoms with Crippen molar-refractivity contribution in [2.45, 2.75) is 38.8 Å². The Bertz CT molecular complexity index is 367. The summed E-state index contributed by atoms with van der Waals surface area (Å²) in [5.74, 6) is -3.11. The Morgan fingerprint density at radius 3 is 2.22 bits per heavy atom. The molecule has 0 rings (SSSR count). The first kappa shape index (κ1) is 17.1. The van der Waals surface area contributed by atoms with Crippen LogP contribution in [0, 0.1) is 5.92 Å². The Morgan fingerprint density at radius 1 is 1.39 bits per heavy atom. The van der Waals surface area contributed by atoms with Gasteiger partial charge in [0.25, 0.3) is 0 Å². The van der Waals surface area contributed by atoms with Crippen LogP contribution in [0.2, 0.25) is 0 Å². The molecule has 0 aliphatic rings. The molecule has 0 aromatic heterocycles. The Kier molecular flexibility index (Phi) is 5.99. The fourth-order valence-electron chi connectivity index (χ4n) is 1.69. The molecule has 0 spiro atoms. The lowest BCUT2D eigenvalue weighted by Gasteiger charge is -2.30. The average molecular weight is 282 g/mol. The van der Waals surface area contributed by atoms with Crippen molar-refractivity contribution in [2.75, 3.05) is 6.61 Å². The molecule has 0 fully saturated rings. The van der Waals surface area contributed by atoms with Crippen molar-refractivity contribution in [1.29, 1.82) is 0 Å². The summed E-state index contributed by atoms with van der Waals surface area (Å²) >= 11 is 0. The number of aliphatic carboxylic acids is 2. The predicted octanol–water partition coefficient (Wildman–Crippen LogP) is 1.55. The molecule has 0 heterocycles. The third-order valence-corrected chi connectivity index (χ3v) is 4.89. The van der Waals surface area contributed by atoms with Crippen molar-refractivity contribution in [3.8, 4) is 0 Å². The number of hydrogen-bond acceptors (Lipinski definition) is 4. The van der Waals surface area contributed by atoms with Crippen LogP contribution in [0.1, 0.15) is 33.6 Å². The van der Waals surface area contributed by atoms with E-state index in [1.54, 1.807) is 0 Å². The molecule has 3 atom stereocenters. The lowest BCUT2D eigenvalue weighted by atomic mass is 9.94. The second-order valence-electron chi connectivity index (χ2n) is 4.42. The zero-order valence-corrected chi connectivity index (χ0v) is 11.5. The van der Waals surface area contributed by atoms with E-state index in [0.29, 0.717) is 0 Å². The van der Waals surface area contributed by atoms with Gasteiger partial charge in [0, 0.05) is 6.42 Å². The number of rotatable bonds is 8. The zero-order chi connectivity index (χ0) is 14.6. The van der Waals surface area contributed by atoms with Gasteiger partial charge in [-0.2, -0.15) is 0 Å². The normalized spacial score (nSPS) is 19.6. The highest BCUT2D eigenvalue weighted by molar-refractivity contribution is 7.55. The summed E-state index contributed by atoms with van der Waals surface area (Å²) in [5, 5.41) is 15.7. The average Bonchev–Trinajstić information content (AvgIpc) is 2.14. The van der Waals surface area contributed by atoms with Gasteiger partial charge in [0.15, 0.2) is 5.16 Å². The van der Waals surface area contributed by atoms with Gasteiger partial charge in [0.05, 0.1) is 6.61 Å². The number of carboxylic acids is 2. The fraction of sp³-hybridized carbons (Fsp3) is 0.800. The quantitative estimate of drug-likeness (QED) is 0.577.